The first kappa shape index (κ1) is 14.3. The minimum absolute atomic E-state index is 0.0521. The van der Waals surface area contributed by atoms with Gasteiger partial charge < -0.3 is 4.74 Å². The first-order chi connectivity index (χ1) is 8.54. The van der Waals surface area contributed by atoms with E-state index in [0.29, 0.717) is 17.2 Å². The Bertz CT molecular complexity index is 501. The Morgan fingerprint density at radius 1 is 1.50 bits per heavy atom. The summed E-state index contributed by atoms with van der Waals surface area (Å²) in [5, 5.41) is 9.44. The van der Waals surface area contributed by atoms with E-state index in [2.05, 4.69) is 0 Å². The second kappa shape index (κ2) is 6.83. The Morgan fingerprint density at radius 2 is 2.17 bits per heavy atom. The van der Waals surface area contributed by atoms with Crippen molar-refractivity contribution in [2.24, 2.45) is 5.92 Å². The quantitative estimate of drug-likeness (QED) is 0.475. The van der Waals surface area contributed by atoms with Gasteiger partial charge in [0.25, 0.3) is 0 Å². The molecule has 18 heavy (non-hydrogen) atoms. The van der Waals surface area contributed by atoms with Crippen LogP contribution in [0, 0.1) is 17.2 Å². The van der Waals surface area contributed by atoms with E-state index >= 15 is 0 Å². The van der Waals surface area contributed by atoms with Gasteiger partial charge in [0.15, 0.2) is 0 Å². The summed E-state index contributed by atoms with van der Waals surface area (Å²) in [6.45, 7) is 4.15. The number of benzene rings is 1. The minimum Gasteiger partial charge on any atom is -0.461 e. The summed E-state index contributed by atoms with van der Waals surface area (Å²) in [5.74, 6) is -0.389. The van der Waals surface area contributed by atoms with Crippen LogP contribution < -0.4 is 0 Å². The predicted molar refractivity (Wildman–Crippen MR) is 70.8 cm³/mol. The third-order valence-electron chi connectivity index (χ3n) is 2.09. The molecule has 0 radical (unpaired) electrons. The molecule has 0 atom stereocenters. The molecule has 0 aliphatic heterocycles. The van der Waals surface area contributed by atoms with Crippen LogP contribution in [0.25, 0.3) is 6.08 Å². The zero-order chi connectivity index (χ0) is 13.5. The van der Waals surface area contributed by atoms with Crippen molar-refractivity contribution in [1.29, 1.82) is 5.26 Å². The second-order valence-electron chi connectivity index (χ2n) is 4.18. The van der Waals surface area contributed by atoms with E-state index in [9.17, 15) is 4.79 Å². The molecule has 0 saturated carbocycles. The molecule has 0 heterocycles. The molecule has 94 valence electrons. The minimum atomic E-state index is -0.619. The van der Waals surface area contributed by atoms with Crippen molar-refractivity contribution in [3.63, 3.8) is 0 Å². The lowest BCUT2D eigenvalue weighted by atomic mass is 10.1. The fraction of sp³-hybridized carbons (Fsp3) is 0.286. The van der Waals surface area contributed by atoms with Gasteiger partial charge in [0, 0.05) is 5.02 Å². The number of carbonyl (C=O) groups excluding carboxylic acids is 1. The van der Waals surface area contributed by atoms with Crippen molar-refractivity contribution in [2.45, 2.75) is 13.8 Å². The van der Waals surface area contributed by atoms with Crippen molar-refractivity contribution in [2.75, 3.05) is 6.61 Å². The van der Waals surface area contributed by atoms with Crippen LogP contribution in [-0.2, 0) is 9.53 Å². The SMILES string of the molecule is CC(C)COC(=O)/C(C#N)=C/c1ccccc1Cl. The van der Waals surface area contributed by atoms with Crippen LogP contribution in [0.4, 0.5) is 0 Å². The van der Waals surface area contributed by atoms with E-state index in [1.165, 1.54) is 6.08 Å². The Morgan fingerprint density at radius 3 is 2.72 bits per heavy atom. The van der Waals surface area contributed by atoms with Gasteiger partial charge in [-0.2, -0.15) is 5.26 Å². The Kier molecular flexibility index (Phi) is 5.41. The third kappa shape index (κ3) is 4.23. The number of ether oxygens (including phenoxy) is 1. The van der Waals surface area contributed by atoms with Gasteiger partial charge >= 0.3 is 5.97 Å². The largest absolute Gasteiger partial charge is 0.461 e. The lowest BCUT2D eigenvalue weighted by Crippen LogP contribution is -2.11. The molecule has 3 nitrogen and oxygen atoms in total. The Labute approximate surface area is 112 Å². The maximum Gasteiger partial charge on any atom is 0.348 e. The topological polar surface area (TPSA) is 50.1 Å². The van der Waals surface area contributed by atoms with Crippen LogP contribution >= 0.6 is 11.6 Å². The van der Waals surface area contributed by atoms with Crippen molar-refractivity contribution < 1.29 is 9.53 Å². The van der Waals surface area contributed by atoms with E-state index in [0.717, 1.165) is 0 Å². The van der Waals surface area contributed by atoms with Crippen molar-refractivity contribution in [3.8, 4) is 6.07 Å². The summed E-state index contributed by atoms with van der Waals surface area (Å²) in [6, 6.07) is 8.82. The highest BCUT2D eigenvalue weighted by atomic mass is 35.5. The Balaban J connectivity index is 2.87. The molecule has 1 aromatic rings. The van der Waals surface area contributed by atoms with E-state index in [4.69, 9.17) is 21.6 Å². The normalized spacial score (nSPS) is 11.2. The zero-order valence-corrected chi connectivity index (χ0v) is 11.1. The third-order valence-corrected chi connectivity index (χ3v) is 2.44. The average Bonchev–Trinajstić information content (AvgIpc) is 2.35. The Hall–Kier alpha value is -1.79. The van der Waals surface area contributed by atoms with Crippen LogP contribution in [0.15, 0.2) is 29.8 Å². The molecular formula is C14H14ClNO2. The highest BCUT2D eigenvalue weighted by Crippen LogP contribution is 2.18. The smallest absolute Gasteiger partial charge is 0.348 e. The van der Waals surface area contributed by atoms with Crippen molar-refractivity contribution >= 4 is 23.6 Å². The predicted octanol–water partition coefficient (Wildman–Crippen LogP) is 3.45. The van der Waals surface area contributed by atoms with Crippen molar-refractivity contribution in [1.82, 2.24) is 0 Å². The number of esters is 1. The second-order valence-corrected chi connectivity index (χ2v) is 4.59. The number of halogens is 1. The van der Waals surface area contributed by atoms with Gasteiger partial charge in [-0.3, -0.25) is 0 Å². The fourth-order valence-electron chi connectivity index (χ4n) is 1.20. The molecule has 0 N–H and O–H groups in total. The molecule has 0 aliphatic carbocycles. The monoisotopic (exact) mass is 263 g/mol. The lowest BCUT2D eigenvalue weighted by Gasteiger charge is -2.06. The van der Waals surface area contributed by atoms with Crippen LogP contribution in [-0.4, -0.2) is 12.6 Å². The van der Waals surface area contributed by atoms with Crippen LogP contribution in [0.5, 0.6) is 0 Å². The van der Waals surface area contributed by atoms with Gasteiger partial charge in [0.1, 0.15) is 11.6 Å². The number of carbonyl (C=O) groups is 1. The summed E-state index contributed by atoms with van der Waals surface area (Å²) in [6.07, 6.45) is 1.44. The number of nitriles is 1. The molecule has 0 saturated heterocycles. The van der Waals surface area contributed by atoms with E-state index in [1.54, 1.807) is 24.3 Å². The number of nitrogens with zero attached hydrogens (tertiary/aromatic N) is 1. The first-order valence-corrected chi connectivity index (χ1v) is 5.96. The fourth-order valence-corrected chi connectivity index (χ4v) is 1.39. The van der Waals surface area contributed by atoms with Gasteiger partial charge in [0.05, 0.1) is 6.61 Å². The lowest BCUT2D eigenvalue weighted by molar-refractivity contribution is -0.139. The maximum atomic E-state index is 11.6. The van der Waals surface area contributed by atoms with Crippen molar-refractivity contribution in [3.05, 3.63) is 40.4 Å². The molecule has 1 aromatic carbocycles. The average molecular weight is 264 g/mol. The van der Waals surface area contributed by atoms with E-state index < -0.39 is 5.97 Å². The molecule has 0 amide bonds. The summed E-state index contributed by atoms with van der Waals surface area (Å²) >= 11 is 5.95. The van der Waals surface area contributed by atoms with Gasteiger partial charge in [-0.1, -0.05) is 43.6 Å². The molecule has 0 fully saturated rings. The summed E-state index contributed by atoms with van der Waals surface area (Å²) in [4.78, 5) is 11.6. The van der Waals surface area contributed by atoms with Crippen LogP contribution in [0.1, 0.15) is 19.4 Å². The van der Waals surface area contributed by atoms with Crippen LogP contribution in [0.2, 0.25) is 5.02 Å². The highest BCUT2D eigenvalue weighted by molar-refractivity contribution is 6.32. The molecular weight excluding hydrogens is 250 g/mol. The van der Waals surface area contributed by atoms with Gasteiger partial charge in [-0.05, 0) is 23.6 Å². The molecule has 0 spiro atoms. The zero-order valence-electron chi connectivity index (χ0n) is 10.3. The molecule has 4 heteroatoms. The molecule has 1 rings (SSSR count). The van der Waals surface area contributed by atoms with E-state index in [1.807, 2.05) is 19.9 Å². The molecule has 0 aliphatic rings. The summed E-state index contributed by atoms with van der Waals surface area (Å²) in [7, 11) is 0. The molecule has 0 unspecified atom stereocenters. The first-order valence-electron chi connectivity index (χ1n) is 5.58. The summed E-state index contributed by atoms with van der Waals surface area (Å²) in [5.41, 5.74) is 0.570. The number of hydrogen-bond donors (Lipinski definition) is 0. The van der Waals surface area contributed by atoms with E-state index in [-0.39, 0.29) is 11.5 Å². The number of rotatable bonds is 4. The van der Waals surface area contributed by atoms with Gasteiger partial charge in [-0.15, -0.1) is 0 Å². The summed E-state index contributed by atoms with van der Waals surface area (Å²) < 4.78 is 5.00. The molecule has 0 aromatic heterocycles. The molecule has 0 bridgehead atoms. The van der Waals surface area contributed by atoms with Gasteiger partial charge in [-0.25, -0.2) is 4.79 Å². The maximum absolute atomic E-state index is 11.6. The number of hydrogen-bond acceptors (Lipinski definition) is 3. The highest BCUT2D eigenvalue weighted by Gasteiger charge is 2.12. The standard InChI is InChI=1S/C14H14ClNO2/c1-10(2)9-18-14(17)12(8-16)7-11-5-3-4-6-13(11)15/h3-7,10H,9H2,1-2H3/b12-7+. The van der Waals surface area contributed by atoms with Crippen LogP contribution in [0.3, 0.4) is 0 Å². The van der Waals surface area contributed by atoms with Gasteiger partial charge in [0.2, 0.25) is 0 Å².